The van der Waals surface area contributed by atoms with Crippen molar-refractivity contribution in [2.24, 2.45) is 0 Å². The number of nitrogens with one attached hydrogen (secondary N) is 1. The first-order chi connectivity index (χ1) is 8.66. The zero-order valence-corrected chi connectivity index (χ0v) is 11.1. The summed E-state index contributed by atoms with van der Waals surface area (Å²) in [6.07, 6.45) is 4.88. The highest BCUT2D eigenvalue weighted by atomic mass is 16.6. The summed E-state index contributed by atoms with van der Waals surface area (Å²) < 4.78 is 6.81. The van der Waals surface area contributed by atoms with Crippen LogP contribution < -0.4 is 5.32 Å². The number of hydrogen-bond donors (Lipinski definition) is 1. The van der Waals surface area contributed by atoms with Crippen LogP contribution in [0.15, 0.2) is 17.0 Å². The number of hydrogen-bond acceptors (Lipinski definition) is 5. The summed E-state index contributed by atoms with van der Waals surface area (Å²) in [5.74, 6) is 1.05. The van der Waals surface area contributed by atoms with Crippen LogP contribution in [0.4, 0.5) is 0 Å². The van der Waals surface area contributed by atoms with Crippen LogP contribution in [0, 0.1) is 13.8 Å². The molecule has 0 aromatic carbocycles. The minimum atomic E-state index is 0.405. The van der Waals surface area contributed by atoms with E-state index in [9.17, 15) is 0 Å². The minimum Gasteiger partial charge on any atom is -0.335 e. The summed E-state index contributed by atoms with van der Waals surface area (Å²) in [7, 11) is 0. The molecular weight excluding hydrogens is 230 g/mol. The van der Waals surface area contributed by atoms with Crippen LogP contribution in [-0.2, 0) is 13.1 Å². The van der Waals surface area contributed by atoms with Gasteiger partial charge in [0.05, 0.1) is 0 Å². The zero-order chi connectivity index (χ0) is 13.0. The first kappa shape index (κ1) is 12.8. The van der Waals surface area contributed by atoms with Crippen molar-refractivity contribution in [1.82, 2.24) is 25.2 Å². The van der Waals surface area contributed by atoms with Crippen LogP contribution in [0.25, 0.3) is 0 Å². The van der Waals surface area contributed by atoms with Crippen molar-refractivity contribution in [3.63, 3.8) is 0 Å². The molecule has 0 spiro atoms. The molecular formula is C12H19N5O. The van der Waals surface area contributed by atoms with Gasteiger partial charge in [-0.15, -0.1) is 0 Å². The summed E-state index contributed by atoms with van der Waals surface area (Å²) in [5, 5.41) is 11.0. The fourth-order valence-corrected chi connectivity index (χ4v) is 1.76. The molecule has 0 saturated heterocycles. The predicted octanol–water partition coefficient (Wildman–Crippen LogP) is 1.45. The van der Waals surface area contributed by atoms with Crippen LogP contribution in [0.3, 0.4) is 0 Å². The summed E-state index contributed by atoms with van der Waals surface area (Å²) in [4.78, 5) is 4.20. The van der Waals surface area contributed by atoms with E-state index in [1.165, 1.54) is 0 Å². The minimum absolute atomic E-state index is 0.405. The third kappa shape index (κ3) is 3.16. The van der Waals surface area contributed by atoms with Gasteiger partial charge in [0.25, 0.3) is 0 Å². The number of nitrogens with zero attached hydrogens (tertiary/aromatic N) is 4. The number of rotatable bonds is 6. The SMILES string of the molecule is Cc1nonc1CN[C@@H](C)CCn1ccnc1C. The van der Waals surface area contributed by atoms with Crippen molar-refractivity contribution in [3.8, 4) is 0 Å². The van der Waals surface area contributed by atoms with Gasteiger partial charge in [-0.1, -0.05) is 10.3 Å². The van der Waals surface area contributed by atoms with Crippen molar-refractivity contribution in [2.45, 2.75) is 46.3 Å². The van der Waals surface area contributed by atoms with Crippen molar-refractivity contribution in [1.29, 1.82) is 0 Å². The van der Waals surface area contributed by atoms with E-state index in [1.54, 1.807) is 0 Å². The predicted molar refractivity (Wildman–Crippen MR) is 66.9 cm³/mol. The van der Waals surface area contributed by atoms with Gasteiger partial charge in [-0.2, -0.15) is 0 Å². The highest BCUT2D eigenvalue weighted by molar-refractivity contribution is 5.03. The Morgan fingerprint density at radius 2 is 2.22 bits per heavy atom. The van der Waals surface area contributed by atoms with E-state index in [2.05, 4.69) is 36.7 Å². The Kier molecular flexibility index (Phi) is 4.09. The quantitative estimate of drug-likeness (QED) is 0.839. The highest BCUT2D eigenvalue weighted by Crippen LogP contribution is 2.03. The van der Waals surface area contributed by atoms with Gasteiger partial charge in [0, 0.05) is 31.5 Å². The topological polar surface area (TPSA) is 68.8 Å². The molecule has 98 valence electrons. The monoisotopic (exact) mass is 249 g/mol. The molecule has 0 aliphatic heterocycles. The summed E-state index contributed by atoms with van der Waals surface area (Å²) in [6, 6.07) is 0.405. The number of imidazole rings is 1. The molecule has 0 bridgehead atoms. The third-order valence-electron chi connectivity index (χ3n) is 3.09. The lowest BCUT2D eigenvalue weighted by molar-refractivity contribution is 0.299. The van der Waals surface area contributed by atoms with Crippen LogP contribution in [-0.4, -0.2) is 25.9 Å². The van der Waals surface area contributed by atoms with Crippen LogP contribution in [0.2, 0.25) is 0 Å². The number of aromatic nitrogens is 4. The van der Waals surface area contributed by atoms with E-state index >= 15 is 0 Å². The first-order valence-corrected chi connectivity index (χ1v) is 6.16. The maximum absolute atomic E-state index is 4.66. The van der Waals surface area contributed by atoms with E-state index in [4.69, 9.17) is 0 Å². The summed E-state index contributed by atoms with van der Waals surface area (Å²) in [6.45, 7) is 7.74. The van der Waals surface area contributed by atoms with Crippen LogP contribution >= 0.6 is 0 Å². The second-order valence-electron chi connectivity index (χ2n) is 4.53. The molecule has 0 radical (unpaired) electrons. The van der Waals surface area contributed by atoms with Gasteiger partial charge in [-0.05, 0) is 27.2 Å². The molecule has 2 rings (SSSR count). The molecule has 0 aliphatic carbocycles. The molecule has 0 aliphatic rings. The molecule has 2 heterocycles. The average molecular weight is 249 g/mol. The van der Waals surface area contributed by atoms with Crippen molar-refractivity contribution in [3.05, 3.63) is 29.6 Å². The second kappa shape index (κ2) is 5.77. The Morgan fingerprint density at radius 3 is 2.83 bits per heavy atom. The molecule has 18 heavy (non-hydrogen) atoms. The van der Waals surface area contributed by atoms with E-state index < -0.39 is 0 Å². The van der Waals surface area contributed by atoms with Gasteiger partial charge < -0.3 is 9.88 Å². The highest BCUT2D eigenvalue weighted by Gasteiger charge is 2.07. The summed E-state index contributed by atoms with van der Waals surface area (Å²) in [5.41, 5.74) is 1.72. The van der Waals surface area contributed by atoms with Gasteiger partial charge in [0.1, 0.15) is 17.2 Å². The molecule has 0 amide bonds. The van der Waals surface area contributed by atoms with E-state index in [0.29, 0.717) is 12.6 Å². The third-order valence-corrected chi connectivity index (χ3v) is 3.09. The standard InChI is InChI=1S/C12H19N5O/c1-9(4-6-17-7-5-13-11(17)3)14-8-12-10(2)15-18-16-12/h5,7,9,14H,4,6,8H2,1-3H3/t9-/m0/s1. The molecule has 0 saturated carbocycles. The Bertz CT molecular complexity index is 446. The van der Waals surface area contributed by atoms with Crippen molar-refractivity contribution < 1.29 is 4.63 Å². The molecule has 1 atom stereocenters. The Balaban J connectivity index is 1.74. The lowest BCUT2D eigenvalue weighted by Crippen LogP contribution is -2.27. The summed E-state index contributed by atoms with van der Waals surface area (Å²) >= 11 is 0. The largest absolute Gasteiger partial charge is 0.335 e. The molecule has 0 fully saturated rings. The Labute approximate surface area is 106 Å². The Hall–Kier alpha value is -1.69. The zero-order valence-electron chi connectivity index (χ0n) is 11.1. The maximum Gasteiger partial charge on any atom is 0.121 e. The lowest BCUT2D eigenvalue weighted by Gasteiger charge is -2.13. The van der Waals surface area contributed by atoms with Crippen molar-refractivity contribution >= 4 is 0 Å². The van der Waals surface area contributed by atoms with E-state index in [-0.39, 0.29) is 0 Å². The fraction of sp³-hybridized carbons (Fsp3) is 0.583. The molecule has 6 heteroatoms. The number of aryl methyl sites for hydroxylation is 3. The van der Waals surface area contributed by atoms with Crippen molar-refractivity contribution in [2.75, 3.05) is 0 Å². The molecule has 6 nitrogen and oxygen atoms in total. The smallest absolute Gasteiger partial charge is 0.121 e. The molecule has 2 aromatic rings. The van der Waals surface area contributed by atoms with Gasteiger partial charge in [-0.25, -0.2) is 9.61 Å². The van der Waals surface area contributed by atoms with Gasteiger partial charge in [0.15, 0.2) is 0 Å². The molecule has 1 N–H and O–H groups in total. The van der Waals surface area contributed by atoms with Crippen LogP contribution in [0.5, 0.6) is 0 Å². The Morgan fingerprint density at radius 1 is 1.39 bits per heavy atom. The average Bonchev–Trinajstić information content (AvgIpc) is 2.93. The maximum atomic E-state index is 4.66. The van der Waals surface area contributed by atoms with Gasteiger partial charge in [-0.3, -0.25) is 0 Å². The first-order valence-electron chi connectivity index (χ1n) is 6.16. The van der Waals surface area contributed by atoms with Crippen LogP contribution in [0.1, 0.15) is 30.6 Å². The van der Waals surface area contributed by atoms with Gasteiger partial charge >= 0.3 is 0 Å². The molecule has 2 aromatic heterocycles. The second-order valence-corrected chi connectivity index (χ2v) is 4.53. The fourth-order valence-electron chi connectivity index (χ4n) is 1.76. The normalized spacial score (nSPS) is 12.8. The lowest BCUT2D eigenvalue weighted by atomic mass is 10.2. The van der Waals surface area contributed by atoms with Gasteiger partial charge in [0.2, 0.25) is 0 Å². The molecule has 0 unspecified atom stereocenters. The van der Waals surface area contributed by atoms with E-state index in [1.807, 2.05) is 26.2 Å². The van der Waals surface area contributed by atoms with E-state index in [0.717, 1.165) is 30.2 Å².